The molecule has 0 radical (unpaired) electrons. The van der Waals surface area contributed by atoms with E-state index in [1.54, 1.807) is 35.2 Å². The molecule has 32 heavy (non-hydrogen) atoms. The highest BCUT2D eigenvalue weighted by atomic mass is 35.5. The minimum absolute atomic E-state index is 0.0308. The second kappa shape index (κ2) is 10.5. The van der Waals surface area contributed by atoms with Crippen LogP contribution in [0, 0.1) is 5.92 Å². The summed E-state index contributed by atoms with van der Waals surface area (Å²) in [7, 11) is 0. The Hall–Kier alpha value is -3.07. The molecule has 1 aromatic carbocycles. The Morgan fingerprint density at radius 3 is 2.81 bits per heavy atom. The van der Waals surface area contributed by atoms with Crippen molar-refractivity contribution in [3.8, 4) is 0 Å². The van der Waals surface area contributed by atoms with Crippen LogP contribution in [0.2, 0.25) is 5.02 Å². The smallest absolute Gasteiger partial charge is 0.319 e. The van der Waals surface area contributed by atoms with E-state index in [2.05, 4.69) is 26.3 Å². The minimum Gasteiger partial charge on any atom is -0.501 e. The molecule has 10 heteroatoms. The molecule has 1 aliphatic heterocycles. The number of nitrogens with one attached hydrogen (secondary N) is 3. The quantitative estimate of drug-likeness (QED) is 0.590. The zero-order chi connectivity index (χ0) is 22.3. The zero-order valence-corrected chi connectivity index (χ0v) is 18.5. The summed E-state index contributed by atoms with van der Waals surface area (Å²) in [5.74, 6) is 0.261. The molecular formula is C22H27ClN6O3. The topological polar surface area (TPSA) is 110 Å². The van der Waals surface area contributed by atoms with Gasteiger partial charge >= 0.3 is 6.03 Å². The van der Waals surface area contributed by atoms with Gasteiger partial charge in [0, 0.05) is 23.3 Å². The SMILES string of the molecule is O=C(NCc1cn(C[C@@H]2CCC[C@@H]2NC(=O)C2=COCCC2)nn1)Nc1ccc(Cl)cc1. The predicted molar refractivity (Wildman–Crippen MR) is 120 cm³/mol. The van der Waals surface area contributed by atoms with Crippen LogP contribution in [0.1, 0.15) is 37.8 Å². The number of carbonyl (C=O) groups is 2. The fourth-order valence-electron chi connectivity index (χ4n) is 4.07. The number of hydrogen-bond donors (Lipinski definition) is 3. The number of nitrogens with zero attached hydrogens (tertiary/aromatic N) is 3. The van der Waals surface area contributed by atoms with Crippen molar-refractivity contribution in [2.24, 2.45) is 5.92 Å². The van der Waals surface area contributed by atoms with Crippen LogP contribution in [0.25, 0.3) is 0 Å². The molecule has 2 heterocycles. The molecule has 1 aliphatic carbocycles. The second-order valence-corrected chi connectivity index (χ2v) is 8.57. The maximum atomic E-state index is 12.5. The molecule has 4 rings (SSSR count). The highest BCUT2D eigenvalue weighted by Gasteiger charge is 2.30. The number of halogens is 1. The van der Waals surface area contributed by atoms with Gasteiger partial charge in [0.25, 0.3) is 5.91 Å². The average Bonchev–Trinajstić information content (AvgIpc) is 3.44. The number of hydrogen-bond acceptors (Lipinski definition) is 5. The summed E-state index contributed by atoms with van der Waals surface area (Å²) in [6, 6.07) is 6.66. The first-order valence-corrected chi connectivity index (χ1v) is 11.3. The number of benzene rings is 1. The van der Waals surface area contributed by atoms with Crippen molar-refractivity contribution in [1.29, 1.82) is 0 Å². The van der Waals surface area contributed by atoms with Crippen molar-refractivity contribution in [3.63, 3.8) is 0 Å². The predicted octanol–water partition coefficient (Wildman–Crippen LogP) is 3.23. The van der Waals surface area contributed by atoms with Gasteiger partial charge in [-0.05, 0) is 55.9 Å². The van der Waals surface area contributed by atoms with Crippen molar-refractivity contribution >= 4 is 29.2 Å². The number of ether oxygens (including phenoxy) is 1. The minimum atomic E-state index is -0.332. The summed E-state index contributed by atoms with van der Waals surface area (Å²) in [6.07, 6.45) is 8.10. The van der Waals surface area contributed by atoms with Crippen molar-refractivity contribution < 1.29 is 14.3 Å². The second-order valence-electron chi connectivity index (χ2n) is 8.13. The lowest BCUT2D eigenvalue weighted by Gasteiger charge is -2.22. The highest BCUT2D eigenvalue weighted by molar-refractivity contribution is 6.30. The van der Waals surface area contributed by atoms with Crippen LogP contribution in [-0.2, 0) is 22.6 Å². The molecule has 2 atom stereocenters. The van der Waals surface area contributed by atoms with Crippen LogP contribution >= 0.6 is 11.6 Å². The van der Waals surface area contributed by atoms with E-state index in [4.69, 9.17) is 16.3 Å². The molecular weight excluding hydrogens is 432 g/mol. The van der Waals surface area contributed by atoms with E-state index in [1.165, 1.54) is 0 Å². The van der Waals surface area contributed by atoms with Crippen LogP contribution in [0.15, 0.2) is 42.3 Å². The van der Waals surface area contributed by atoms with Crippen molar-refractivity contribution in [1.82, 2.24) is 25.6 Å². The van der Waals surface area contributed by atoms with Gasteiger partial charge in [-0.3, -0.25) is 9.48 Å². The summed E-state index contributed by atoms with van der Waals surface area (Å²) in [4.78, 5) is 24.6. The van der Waals surface area contributed by atoms with Crippen molar-refractivity contribution in [2.75, 3.05) is 11.9 Å². The summed E-state index contributed by atoms with van der Waals surface area (Å²) >= 11 is 5.85. The third-order valence-corrected chi connectivity index (χ3v) is 5.99. The van der Waals surface area contributed by atoms with Crippen LogP contribution in [0.4, 0.5) is 10.5 Å². The Bertz CT molecular complexity index is 974. The molecule has 0 spiro atoms. The van der Waals surface area contributed by atoms with Gasteiger partial charge in [0.05, 0.1) is 31.2 Å². The van der Waals surface area contributed by atoms with Gasteiger partial charge in [-0.2, -0.15) is 0 Å². The fourth-order valence-corrected chi connectivity index (χ4v) is 4.19. The van der Waals surface area contributed by atoms with Gasteiger partial charge in [0.15, 0.2) is 0 Å². The fraction of sp³-hybridized carbons (Fsp3) is 0.455. The van der Waals surface area contributed by atoms with Gasteiger partial charge in [0.1, 0.15) is 5.69 Å². The number of urea groups is 1. The molecule has 2 aromatic rings. The monoisotopic (exact) mass is 458 g/mol. The van der Waals surface area contributed by atoms with Crippen molar-refractivity contribution in [2.45, 2.75) is 51.2 Å². The molecule has 0 unspecified atom stereocenters. The van der Waals surface area contributed by atoms with Crippen LogP contribution in [0.3, 0.4) is 0 Å². The maximum absolute atomic E-state index is 12.5. The van der Waals surface area contributed by atoms with Gasteiger partial charge in [0.2, 0.25) is 0 Å². The Morgan fingerprint density at radius 2 is 2.03 bits per heavy atom. The number of carbonyl (C=O) groups excluding carboxylic acids is 2. The third kappa shape index (κ3) is 6.00. The van der Waals surface area contributed by atoms with E-state index in [1.807, 2.05) is 6.20 Å². The molecule has 170 valence electrons. The first kappa shape index (κ1) is 22.1. The lowest BCUT2D eigenvalue weighted by Crippen LogP contribution is -2.39. The zero-order valence-electron chi connectivity index (χ0n) is 17.7. The summed E-state index contributed by atoms with van der Waals surface area (Å²) in [5, 5.41) is 17.6. The summed E-state index contributed by atoms with van der Waals surface area (Å²) in [6.45, 7) is 1.61. The number of anilines is 1. The average molecular weight is 459 g/mol. The normalized spacial score (nSPS) is 20.2. The highest BCUT2D eigenvalue weighted by Crippen LogP contribution is 2.27. The van der Waals surface area contributed by atoms with Crippen LogP contribution in [0.5, 0.6) is 0 Å². The van der Waals surface area contributed by atoms with Gasteiger partial charge in [-0.25, -0.2) is 4.79 Å². The van der Waals surface area contributed by atoms with Crippen LogP contribution < -0.4 is 16.0 Å². The Morgan fingerprint density at radius 1 is 1.19 bits per heavy atom. The van der Waals surface area contributed by atoms with Gasteiger partial charge < -0.3 is 20.7 Å². The van der Waals surface area contributed by atoms with E-state index in [9.17, 15) is 9.59 Å². The van der Waals surface area contributed by atoms with Gasteiger partial charge in [-0.15, -0.1) is 5.10 Å². The molecule has 1 fully saturated rings. The lowest BCUT2D eigenvalue weighted by molar-refractivity contribution is -0.119. The Kier molecular flexibility index (Phi) is 7.26. The van der Waals surface area contributed by atoms with E-state index >= 15 is 0 Å². The van der Waals surface area contributed by atoms with Gasteiger partial charge in [-0.1, -0.05) is 23.2 Å². The first-order chi connectivity index (χ1) is 15.6. The standard InChI is InChI=1S/C22H27ClN6O3/c23-17-6-8-18(9-7-17)25-22(31)24-11-19-13-29(28-27-19)12-15-3-1-5-20(15)26-21(30)16-4-2-10-32-14-16/h6-9,13-15,20H,1-5,10-12H2,(H,26,30)(H2,24,25,31)/t15-,20-/m0/s1. The summed E-state index contributed by atoms with van der Waals surface area (Å²) in [5.41, 5.74) is 2.03. The molecule has 2 aliphatic rings. The van der Waals surface area contributed by atoms with E-state index in [0.717, 1.165) is 32.1 Å². The van der Waals surface area contributed by atoms with E-state index in [-0.39, 0.29) is 24.5 Å². The Labute approximate surface area is 191 Å². The molecule has 9 nitrogen and oxygen atoms in total. The number of rotatable bonds is 7. The lowest BCUT2D eigenvalue weighted by atomic mass is 10.0. The third-order valence-electron chi connectivity index (χ3n) is 5.74. The molecule has 1 aromatic heterocycles. The molecule has 3 N–H and O–H groups in total. The van der Waals surface area contributed by atoms with E-state index in [0.29, 0.717) is 41.0 Å². The molecule has 0 bridgehead atoms. The number of amides is 3. The molecule has 0 saturated heterocycles. The number of aromatic nitrogens is 3. The maximum Gasteiger partial charge on any atom is 0.319 e. The molecule has 3 amide bonds. The van der Waals surface area contributed by atoms with Crippen LogP contribution in [-0.4, -0.2) is 39.6 Å². The van der Waals surface area contributed by atoms with E-state index < -0.39 is 0 Å². The Balaban J connectivity index is 1.25. The van der Waals surface area contributed by atoms with Crippen molar-refractivity contribution in [3.05, 3.63) is 53.0 Å². The largest absolute Gasteiger partial charge is 0.501 e. The first-order valence-electron chi connectivity index (χ1n) is 10.9. The summed E-state index contributed by atoms with van der Waals surface area (Å²) < 4.78 is 7.07. The molecule has 1 saturated carbocycles.